The first-order valence-corrected chi connectivity index (χ1v) is 13.9. The average Bonchev–Trinajstić information content (AvgIpc) is 3.56. The standard InChI is InChI=1S/C27H31N7O2S/c1-31-9-7-18(8-10-31)29-25(36)22-23(35)19-11-28-27(33-14-16-12-32(2)13-17(16)15-33)30-24(19)34-20-5-3-4-6-21(20)37-26(22)34/h3-6,11,16-18H,7-10,12-15H2,1-2H3,(H,29,36)/t16-,17-/m0/s1. The molecule has 0 saturated carbocycles. The monoisotopic (exact) mass is 517 g/mol. The molecule has 1 N–H and O–H groups in total. The second kappa shape index (κ2) is 8.75. The van der Waals surface area contributed by atoms with E-state index in [4.69, 9.17) is 4.98 Å². The Kier molecular flexibility index (Phi) is 5.45. The van der Waals surface area contributed by atoms with Gasteiger partial charge in [-0.3, -0.25) is 14.0 Å². The normalized spacial score (nSPS) is 23.5. The number of fused-ring (bicyclic) bond motifs is 6. The zero-order chi connectivity index (χ0) is 25.3. The van der Waals surface area contributed by atoms with Gasteiger partial charge in [0.15, 0.2) is 5.65 Å². The van der Waals surface area contributed by atoms with Gasteiger partial charge < -0.3 is 20.0 Å². The Balaban J connectivity index is 1.35. The van der Waals surface area contributed by atoms with E-state index in [1.165, 1.54) is 11.3 Å². The highest BCUT2D eigenvalue weighted by atomic mass is 32.1. The molecule has 1 amide bonds. The zero-order valence-electron chi connectivity index (χ0n) is 21.2. The van der Waals surface area contributed by atoms with Gasteiger partial charge in [0.1, 0.15) is 10.4 Å². The van der Waals surface area contributed by atoms with E-state index in [-0.39, 0.29) is 22.9 Å². The molecule has 3 aliphatic rings. The van der Waals surface area contributed by atoms with Crippen molar-refractivity contribution >= 4 is 49.3 Å². The number of nitrogens with zero attached hydrogens (tertiary/aromatic N) is 6. The summed E-state index contributed by atoms with van der Waals surface area (Å²) in [6.45, 7) is 5.93. The third-order valence-electron chi connectivity index (χ3n) is 8.40. The van der Waals surface area contributed by atoms with Crippen LogP contribution in [0.4, 0.5) is 5.95 Å². The number of nitrogens with one attached hydrogen (secondary N) is 1. The Hall–Kier alpha value is -3.08. The highest BCUT2D eigenvalue weighted by Crippen LogP contribution is 2.34. The van der Waals surface area contributed by atoms with Crippen molar-refractivity contribution in [2.75, 3.05) is 58.3 Å². The molecule has 10 heteroatoms. The van der Waals surface area contributed by atoms with E-state index in [0.29, 0.717) is 33.6 Å². The number of thiazole rings is 1. The Morgan fingerprint density at radius 3 is 2.51 bits per heavy atom. The number of piperidine rings is 1. The van der Waals surface area contributed by atoms with Gasteiger partial charge in [-0.05, 0) is 64.0 Å². The molecule has 0 aliphatic carbocycles. The SMILES string of the molecule is CN1CCC(NC(=O)c2c(=O)c3cnc(N4C[C@@H]5CN(C)C[C@H]5C4)nc3n3c2sc2ccccc23)CC1. The van der Waals surface area contributed by atoms with E-state index in [2.05, 4.69) is 39.1 Å². The van der Waals surface area contributed by atoms with Gasteiger partial charge in [-0.1, -0.05) is 12.1 Å². The minimum atomic E-state index is -0.300. The summed E-state index contributed by atoms with van der Waals surface area (Å²) >= 11 is 1.47. The van der Waals surface area contributed by atoms with Crippen LogP contribution in [-0.2, 0) is 0 Å². The van der Waals surface area contributed by atoms with Crippen LogP contribution in [0, 0.1) is 11.8 Å². The number of hydrogen-bond acceptors (Lipinski definition) is 8. The third kappa shape index (κ3) is 3.81. The third-order valence-corrected chi connectivity index (χ3v) is 9.55. The lowest BCUT2D eigenvalue weighted by atomic mass is 10.0. The summed E-state index contributed by atoms with van der Waals surface area (Å²) in [6.07, 6.45) is 3.39. The number of carbonyl (C=O) groups excluding carboxylic acids is 1. The Morgan fingerprint density at radius 1 is 1.03 bits per heavy atom. The first kappa shape index (κ1) is 23.1. The van der Waals surface area contributed by atoms with Gasteiger partial charge in [0.25, 0.3) is 5.91 Å². The number of hydrogen-bond donors (Lipinski definition) is 1. The molecule has 6 heterocycles. The van der Waals surface area contributed by atoms with Crippen molar-refractivity contribution in [2.45, 2.75) is 18.9 Å². The molecule has 37 heavy (non-hydrogen) atoms. The lowest BCUT2D eigenvalue weighted by molar-refractivity contribution is 0.0917. The summed E-state index contributed by atoms with van der Waals surface area (Å²) < 4.78 is 3.01. The topological polar surface area (TPSA) is 86.1 Å². The molecule has 3 aliphatic heterocycles. The maximum Gasteiger partial charge on any atom is 0.258 e. The number of benzene rings is 1. The van der Waals surface area contributed by atoms with Crippen LogP contribution in [0.2, 0.25) is 0 Å². The number of aromatic nitrogens is 3. The van der Waals surface area contributed by atoms with Crippen molar-refractivity contribution in [1.82, 2.24) is 29.5 Å². The van der Waals surface area contributed by atoms with Crippen molar-refractivity contribution in [3.05, 3.63) is 46.2 Å². The number of carbonyl (C=O) groups is 1. The van der Waals surface area contributed by atoms with Crippen molar-refractivity contribution in [2.24, 2.45) is 11.8 Å². The van der Waals surface area contributed by atoms with Gasteiger partial charge in [-0.15, -0.1) is 11.3 Å². The summed E-state index contributed by atoms with van der Waals surface area (Å²) in [5.41, 5.74) is 1.43. The molecule has 4 aromatic rings. The molecule has 2 atom stereocenters. The van der Waals surface area contributed by atoms with E-state index >= 15 is 0 Å². The van der Waals surface area contributed by atoms with Crippen LogP contribution >= 0.6 is 11.3 Å². The van der Waals surface area contributed by atoms with Gasteiger partial charge >= 0.3 is 0 Å². The van der Waals surface area contributed by atoms with E-state index in [0.717, 1.165) is 62.3 Å². The fraction of sp³-hybridized carbons (Fsp3) is 0.481. The summed E-state index contributed by atoms with van der Waals surface area (Å²) in [5, 5.41) is 3.54. The van der Waals surface area contributed by atoms with Crippen LogP contribution in [0.3, 0.4) is 0 Å². The van der Waals surface area contributed by atoms with Crippen LogP contribution in [0.1, 0.15) is 23.2 Å². The molecule has 9 nitrogen and oxygen atoms in total. The van der Waals surface area contributed by atoms with Crippen LogP contribution in [-0.4, -0.2) is 89.5 Å². The predicted molar refractivity (Wildman–Crippen MR) is 147 cm³/mol. The number of para-hydroxylation sites is 1. The van der Waals surface area contributed by atoms with E-state index in [1.54, 1.807) is 6.20 Å². The average molecular weight is 518 g/mol. The maximum atomic E-state index is 13.8. The minimum Gasteiger partial charge on any atom is -0.349 e. The molecular formula is C27H31N7O2S. The van der Waals surface area contributed by atoms with Gasteiger partial charge in [0.05, 0.1) is 15.6 Å². The molecule has 3 fully saturated rings. The van der Waals surface area contributed by atoms with Crippen LogP contribution in [0.15, 0.2) is 35.3 Å². The molecule has 192 valence electrons. The van der Waals surface area contributed by atoms with Gasteiger partial charge in [-0.25, -0.2) is 4.98 Å². The Bertz CT molecular complexity index is 1570. The molecule has 7 rings (SSSR count). The predicted octanol–water partition coefficient (Wildman–Crippen LogP) is 2.28. The fourth-order valence-corrected chi connectivity index (χ4v) is 7.62. The molecule has 3 aromatic heterocycles. The number of likely N-dealkylation sites (tertiary alicyclic amines) is 2. The molecule has 0 radical (unpaired) electrons. The molecule has 0 spiro atoms. The summed E-state index contributed by atoms with van der Waals surface area (Å²) in [4.78, 5) is 44.6. The van der Waals surface area contributed by atoms with Crippen molar-refractivity contribution in [3.8, 4) is 0 Å². The fourth-order valence-electron chi connectivity index (χ4n) is 6.44. The van der Waals surface area contributed by atoms with Gasteiger partial charge in [0, 0.05) is 38.4 Å². The summed E-state index contributed by atoms with van der Waals surface area (Å²) in [5.74, 6) is 1.61. The molecule has 3 saturated heterocycles. The summed E-state index contributed by atoms with van der Waals surface area (Å²) in [7, 11) is 4.27. The highest BCUT2D eigenvalue weighted by Gasteiger charge is 2.39. The van der Waals surface area contributed by atoms with Crippen LogP contribution in [0.5, 0.6) is 0 Å². The second-order valence-corrected chi connectivity index (χ2v) is 12.0. The van der Waals surface area contributed by atoms with Crippen molar-refractivity contribution in [1.29, 1.82) is 0 Å². The number of pyridine rings is 1. The van der Waals surface area contributed by atoms with E-state index in [1.807, 2.05) is 28.7 Å². The largest absolute Gasteiger partial charge is 0.349 e. The zero-order valence-corrected chi connectivity index (χ0v) is 22.0. The molecule has 1 aromatic carbocycles. The number of rotatable bonds is 3. The van der Waals surface area contributed by atoms with Crippen LogP contribution in [0.25, 0.3) is 26.1 Å². The molecule has 0 unspecified atom stereocenters. The second-order valence-electron chi connectivity index (χ2n) is 11.0. The quantitative estimate of drug-likeness (QED) is 0.446. The number of anilines is 1. The molecule has 0 bridgehead atoms. The van der Waals surface area contributed by atoms with E-state index < -0.39 is 0 Å². The Labute approximate surface area is 218 Å². The molecular weight excluding hydrogens is 486 g/mol. The minimum absolute atomic E-state index is 0.0699. The summed E-state index contributed by atoms with van der Waals surface area (Å²) in [6, 6.07) is 8.09. The highest BCUT2D eigenvalue weighted by molar-refractivity contribution is 7.24. The van der Waals surface area contributed by atoms with E-state index in [9.17, 15) is 9.59 Å². The lowest BCUT2D eigenvalue weighted by Gasteiger charge is -2.29. The maximum absolute atomic E-state index is 13.8. The number of amides is 1. The van der Waals surface area contributed by atoms with Crippen molar-refractivity contribution < 1.29 is 4.79 Å². The smallest absolute Gasteiger partial charge is 0.258 e. The van der Waals surface area contributed by atoms with Crippen LogP contribution < -0.4 is 15.6 Å². The first-order valence-electron chi connectivity index (χ1n) is 13.1. The first-order chi connectivity index (χ1) is 18.0. The van der Waals surface area contributed by atoms with Gasteiger partial charge in [-0.2, -0.15) is 4.98 Å². The Morgan fingerprint density at radius 2 is 1.76 bits per heavy atom. The van der Waals surface area contributed by atoms with Gasteiger partial charge in [0.2, 0.25) is 11.4 Å². The lowest BCUT2D eigenvalue weighted by Crippen LogP contribution is -2.44. The van der Waals surface area contributed by atoms with Crippen molar-refractivity contribution in [3.63, 3.8) is 0 Å².